The summed E-state index contributed by atoms with van der Waals surface area (Å²) in [6.07, 6.45) is 2.26. The summed E-state index contributed by atoms with van der Waals surface area (Å²) in [5.74, 6) is -0.185. The maximum absolute atomic E-state index is 11.6. The molecule has 0 spiro atoms. The lowest BCUT2D eigenvalue weighted by molar-refractivity contribution is -0.122. The average molecular weight is 333 g/mol. The minimum atomic E-state index is -0.185. The van der Waals surface area contributed by atoms with E-state index in [1.165, 1.54) is 16.7 Å². The van der Waals surface area contributed by atoms with Gasteiger partial charge in [0.25, 0.3) is 0 Å². The van der Waals surface area contributed by atoms with Crippen molar-refractivity contribution in [2.75, 3.05) is 19.6 Å². The Bertz CT molecular complexity index is 566. The highest BCUT2D eigenvalue weighted by Gasteiger charge is 2.20. The highest BCUT2D eigenvalue weighted by Crippen LogP contribution is 2.27. The molecule has 0 bridgehead atoms. The Morgan fingerprint density at radius 3 is 2.75 bits per heavy atom. The first-order valence-electron chi connectivity index (χ1n) is 8.80. The van der Waals surface area contributed by atoms with E-state index in [2.05, 4.69) is 49.2 Å². The van der Waals surface area contributed by atoms with Crippen LogP contribution in [0.4, 0.5) is 0 Å². The Hall–Kier alpha value is -1.43. The normalized spacial score (nSPS) is 17.0. The topological polar surface area (TPSA) is 64.6 Å². The van der Waals surface area contributed by atoms with Gasteiger partial charge in [0.15, 0.2) is 0 Å². The van der Waals surface area contributed by atoms with Crippen molar-refractivity contribution in [2.45, 2.75) is 58.5 Å². The molecule has 1 amide bonds. The number of aryl methyl sites for hydroxylation is 1. The third kappa shape index (κ3) is 5.30. The summed E-state index contributed by atoms with van der Waals surface area (Å²) in [4.78, 5) is 14.0. The molecule has 24 heavy (non-hydrogen) atoms. The van der Waals surface area contributed by atoms with E-state index in [-0.39, 0.29) is 23.9 Å². The first-order chi connectivity index (χ1) is 11.3. The lowest BCUT2D eigenvalue weighted by Crippen LogP contribution is -2.44. The molecule has 5 heteroatoms. The molecule has 0 aliphatic carbocycles. The van der Waals surface area contributed by atoms with E-state index in [1.807, 2.05) is 12.4 Å². The van der Waals surface area contributed by atoms with Crippen LogP contribution >= 0.6 is 0 Å². The van der Waals surface area contributed by atoms with Crippen molar-refractivity contribution >= 4 is 5.91 Å². The molecule has 0 aromatic heterocycles. The average Bonchev–Trinajstić information content (AvgIpc) is 2.66. The molecule has 0 unspecified atom stereocenters. The van der Waals surface area contributed by atoms with E-state index in [0.717, 1.165) is 32.5 Å². The summed E-state index contributed by atoms with van der Waals surface area (Å²) >= 11 is 0. The van der Waals surface area contributed by atoms with Gasteiger partial charge in [-0.2, -0.15) is 5.48 Å². The number of amides is 1. The molecule has 134 valence electrons. The molecule has 1 aliphatic rings. The molecule has 0 radical (unpaired) electrons. The number of nitrogens with zero attached hydrogens (tertiary/aromatic N) is 1. The SMILES string of the molecule is C[C@@H](CN1CCCc2ccc(C(C)(C)C)cc2C1)NC(=O)CNO. The second-order valence-corrected chi connectivity index (χ2v) is 7.88. The van der Waals surface area contributed by atoms with Crippen LogP contribution < -0.4 is 10.8 Å². The first kappa shape index (κ1) is 18.9. The molecule has 5 nitrogen and oxygen atoms in total. The first-order valence-corrected chi connectivity index (χ1v) is 8.80. The molecule has 1 aliphatic heterocycles. The zero-order valence-corrected chi connectivity index (χ0v) is 15.4. The zero-order chi connectivity index (χ0) is 17.7. The van der Waals surface area contributed by atoms with Crippen LogP contribution in [0.15, 0.2) is 18.2 Å². The van der Waals surface area contributed by atoms with Crippen molar-refractivity contribution in [3.05, 3.63) is 34.9 Å². The number of hydrogen-bond acceptors (Lipinski definition) is 4. The van der Waals surface area contributed by atoms with Gasteiger partial charge in [-0.05, 0) is 48.4 Å². The molecular formula is C19H31N3O2. The zero-order valence-electron chi connectivity index (χ0n) is 15.4. The fourth-order valence-electron chi connectivity index (χ4n) is 3.28. The van der Waals surface area contributed by atoms with E-state index in [4.69, 9.17) is 5.21 Å². The Kier molecular flexibility index (Phi) is 6.38. The van der Waals surface area contributed by atoms with Gasteiger partial charge < -0.3 is 10.5 Å². The third-order valence-electron chi connectivity index (χ3n) is 4.57. The lowest BCUT2D eigenvalue weighted by Gasteiger charge is -2.26. The van der Waals surface area contributed by atoms with Crippen LogP contribution in [0.5, 0.6) is 0 Å². The molecular weight excluding hydrogens is 302 g/mol. The fourth-order valence-corrected chi connectivity index (χ4v) is 3.28. The Labute approximate surface area is 145 Å². The summed E-state index contributed by atoms with van der Waals surface area (Å²) in [6.45, 7) is 11.5. The van der Waals surface area contributed by atoms with Crippen LogP contribution in [-0.4, -0.2) is 41.7 Å². The van der Waals surface area contributed by atoms with E-state index < -0.39 is 0 Å². The van der Waals surface area contributed by atoms with Crippen LogP contribution in [0.1, 0.15) is 50.8 Å². The van der Waals surface area contributed by atoms with Gasteiger partial charge >= 0.3 is 0 Å². The minimum Gasteiger partial charge on any atom is -0.351 e. The van der Waals surface area contributed by atoms with Crippen molar-refractivity contribution in [1.29, 1.82) is 0 Å². The van der Waals surface area contributed by atoms with Crippen molar-refractivity contribution in [1.82, 2.24) is 15.7 Å². The van der Waals surface area contributed by atoms with E-state index in [1.54, 1.807) is 0 Å². The molecule has 0 saturated heterocycles. The molecule has 1 atom stereocenters. The number of hydroxylamine groups is 1. The molecule has 0 fully saturated rings. The van der Waals surface area contributed by atoms with Crippen molar-refractivity contribution in [3.8, 4) is 0 Å². The summed E-state index contributed by atoms with van der Waals surface area (Å²) in [5, 5.41) is 11.5. The Morgan fingerprint density at radius 1 is 1.33 bits per heavy atom. The molecule has 1 heterocycles. The van der Waals surface area contributed by atoms with Crippen LogP contribution in [0.3, 0.4) is 0 Å². The number of fused-ring (bicyclic) bond motifs is 1. The van der Waals surface area contributed by atoms with Gasteiger partial charge in [-0.3, -0.25) is 9.69 Å². The smallest absolute Gasteiger partial charge is 0.236 e. The van der Waals surface area contributed by atoms with E-state index in [9.17, 15) is 4.79 Å². The quantitative estimate of drug-likeness (QED) is 0.723. The number of nitrogens with one attached hydrogen (secondary N) is 2. The summed E-state index contributed by atoms with van der Waals surface area (Å²) in [6, 6.07) is 6.96. The van der Waals surface area contributed by atoms with Gasteiger partial charge in [-0.25, -0.2) is 0 Å². The second kappa shape index (κ2) is 8.10. The predicted octanol–water partition coefficient (Wildman–Crippen LogP) is 2.22. The van der Waals surface area contributed by atoms with Crippen LogP contribution in [-0.2, 0) is 23.2 Å². The van der Waals surface area contributed by atoms with Gasteiger partial charge in [0.2, 0.25) is 5.91 Å². The summed E-state index contributed by atoms with van der Waals surface area (Å²) in [5.41, 5.74) is 6.29. The van der Waals surface area contributed by atoms with Crippen molar-refractivity contribution in [3.63, 3.8) is 0 Å². The predicted molar refractivity (Wildman–Crippen MR) is 96.1 cm³/mol. The van der Waals surface area contributed by atoms with Gasteiger partial charge in [0, 0.05) is 19.1 Å². The van der Waals surface area contributed by atoms with Gasteiger partial charge in [0.05, 0.1) is 6.54 Å². The van der Waals surface area contributed by atoms with Gasteiger partial charge in [-0.15, -0.1) is 0 Å². The van der Waals surface area contributed by atoms with Crippen LogP contribution in [0.25, 0.3) is 0 Å². The van der Waals surface area contributed by atoms with Crippen molar-refractivity contribution in [2.24, 2.45) is 0 Å². The molecule has 2 rings (SSSR count). The second-order valence-electron chi connectivity index (χ2n) is 7.88. The number of carbonyl (C=O) groups is 1. The van der Waals surface area contributed by atoms with Crippen LogP contribution in [0.2, 0.25) is 0 Å². The summed E-state index contributed by atoms with van der Waals surface area (Å²) < 4.78 is 0. The van der Waals surface area contributed by atoms with E-state index >= 15 is 0 Å². The number of rotatable bonds is 5. The largest absolute Gasteiger partial charge is 0.351 e. The van der Waals surface area contributed by atoms with Crippen molar-refractivity contribution < 1.29 is 10.0 Å². The van der Waals surface area contributed by atoms with Crippen LogP contribution in [0, 0.1) is 0 Å². The maximum atomic E-state index is 11.6. The molecule has 1 aromatic carbocycles. The molecule has 0 saturated carbocycles. The van der Waals surface area contributed by atoms with Gasteiger partial charge in [0.1, 0.15) is 0 Å². The number of hydrogen-bond donors (Lipinski definition) is 3. The third-order valence-corrected chi connectivity index (χ3v) is 4.57. The Balaban J connectivity index is 2.04. The highest BCUT2D eigenvalue weighted by atomic mass is 16.5. The minimum absolute atomic E-state index is 0.0539. The maximum Gasteiger partial charge on any atom is 0.236 e. The van der Waals surface area contributed by atoms with E-state index in [0.29, 0.717) is 0 Å². The number of carbonyl (C=O) groups excluding carboxylic acids is 1. The lowest BCUT2D eigenvalue weighted by atomic mass is 9.85. The highest BCUT2D eigenvalue weighted by molar-refractivity contribution is 5.78. The monoisotopic (exact) mass is 333 g/mol. The molecule has 1 aromatic rings. The summed E-state index contributed by atoms with van der Waals surface area (Å²) in [7, 11) is 0. The molecule has 3 N–H and O–H groups in total. The Morgan fingerprint density at radius 2 is 2.08 bits per heavy atom. The fraction of sp³-hybridized carbons (Fsp3) is 0.632. The standard InChI is InChI=1S/C19H31N3O2/c1-14(21-18(23)11-20-24)12-22-9-5-6-15-7-8-17(19(2,3)4)10-16(15)13-22/h7-8,10,14,20,24H,5-6,9,11-13H2,1-4H3,(H,21,23)/t14-/m0/s1. The number of benzene rings is 1. The van der Waals surface area contributed by atoms with Gasteiger partial charge in [-0.1, -0.05) is 39.0 Å².